The van der Waals surface area contributed by atoms with Gasteiger partial charge in [-0.15, -0.1) is 0 Å². The van der Waals surface area contributed by atoms with Crippen molar-refractivity contribution in [2.75, 3.05) is 5.32 Å². The number of aryl methyl sites for hydroxylation is 1. The number of nitrogens with zero attached hydrogens (tertiary/aromatic N) is 2. The van der Waals surface area contributed by atoms with Crippen molar-refractivity contribution in [3.63, 3.8) is 0 Å². The molecule has 1 fully saturated rings. The van der Waals surface area contributed by atoms with Crippen LogP contribution < -0.4 is 5.32 Å². The highest BCUT2D eigenvalue weighted by Gasteiger charge is 2.17. The number of nitro benzene ring substituents is 1. The minimum atomic E-state index is -0.362. The van der Waals surface area contributed by atoms with Crippen LogP contribution in [0.4, 0.5) is 11.4 Å². The molecule has 0 spiro atoms. The minimum Gasteiger partial charge on any atom is -0.382 e. The van der Waals surface area contributed by atoms with Crippen molar-refractivity contribution in [3.8, 4) is 0 Å². The van der Waals surface area contributed by atoms with Gasteiger partial charge in [0.2, 0.25) is 0 Å². The van der Waals surface area contributed by atoms with Crippen LogP contribution in [0.3, 0.4) is 0 Å². The van der Waals surface area contributed by atoms with E-state index in [4.69, 9.17) is 0 Å². The van der Waals surface area contributed by atoms with Crippen molar-refractivity contribution < 1.29 is 4.92 Å². The average Bonchev–Trinajstić information content (AvgIpc) is 2.91. The second-order valence-electron chi connectivity index (χ2n) is 5.40. The van der Waals surface area contributed by atoms with Crippen LogP contribution in [0.1, 0.15) is 31.4 Å². The maximum Gasteiger partial charge on any atom is 0.270 e. The summed E-state index contributed by atoms with van der Waals surface area (Å²) in [4.78, 5) is 15.0. The first-order chi connectivity index (χ1) is 9.63. The molecule has 0 aliphatic heterocycles. The van der Waals surface area contributed by atoms with Gasteiger partial charge in [0.05, 0.1) is 10.4 Å². The molecule has 1 saturated carbocycles. The van der Waals surface area contributed by atoms with Crippen molar-refractivity contribution in [2.24, 2.45) is 0 Å². The highest BCUT2D eigenvalue weighted by atomic mass is 16.6. The number of rotatable bonds is 3. The molecule has 0 atom stereocenters. The Bertz CT molecular complexity index is 663. The van der Waals surface area contributed by atoms with Gasteiger partial charge >= 0.3 is 0 Å². The summed E-state index contributed by atoms with van der Waals surface area (Å²) in [5.41, 5.74) is 2.80. The number of benzene rings is 1. The number of hydrogen-bond donors (Lipinski definition) is 1. The molecule has 1 aromatic heterocycles. The number of aromatic nitrogens is 1. The van der Waals surface area contributed by atoms with E-state index in [-0.39, 0.29) is 10.6 Å². The third-order valence-corrected chi connectivity index (χ3v) is 3.85. The zero-order valence-electron chi connectivity index (χ0n) is 11.4. The van der Waals surface area contributed by atoms with E-state index in [0.29, 0.717) is 6.04 Å². The zero-order valence-corrected chi connectivity index (χ0v) is 11.4. The van der Waals surface area contributed by atoms with Gasteiger partial charge < -0.3 is 5.32 Å². The van der Waals surface area contributed by atoms with Gasteiger partial charge in [0, 0.05) is 34.9 Å². The van der Waals surface area contributed by atoms with Gasteiger partial charge in [-0.3, -0.25) is 15.1 Å². The molecule has 2 aromatic rings. The normalized spacial score (nSPS) is 15.7. The van der Waals surface area contributed by atoms with Gasteiger partial charge in [-0.1, -0.05) is 12.8 Å². The molecule has 1 heterocycles. The molecule has 0 bridgehead atoms. The third kappa shape index (κ3) is 2.43. The van der Waals surface area contributed by atoms with E-state index in [2.05, 4.69) is 10.3 Å². The Morgan fingerprint density at radius 1 is 1.30 bits per heavy atom. The van der Waals surface area contributed by atoms with Crippen LogP contribution in [0.2, 0.25) is 0 Å². The average molecular weight is 271 g/mol. The lowest BCUT2D eigenvalue weighted by Gasteiger charge is -2.16. The quantitative estimate of drug-likeness (QED) is 0.681. The Hall–Kier alpha value is -2.17. The molecule has 1 aliphatic carbocycles. The summed E-state index contributed by atoms with van der Waals surface area (Å²) >= 11 is 0. The largest absolute Gasteiger partial charge is 0.382 e. The van der Waals surface area contributed by atoms with Crippen molar-refractivity contribution in [3.05, 3.63) is 40.1 Å². The molecule has 0 saturated heterocycles. The number of hydrogen-bond acceptors (Lipinski definition) is 4. The lowest BCUT2D eigenvalue weighted by Crippen LogP contribution is -2.15. The molecular weight excluding hydrogens is 254 g/mol. The van der Waals surface area contributed by atoms with Crippen LogP contribution in [-0.4, -0.2) is 15.9 Å². The Morgan fingerprint density at radius 3 is 2.75 bits per heavy atom. The molecule has 5 heteroatoms. The maximum atomic E-state index is 10.9. The van der Waals surface area contributed by atoms with Crippen molar-refractivity contribution in [2.45, 2.75) is 38.6 Å². The Kier molecular flexibility index (Phi) is 3.26. The van der Waals surface area contributed by atoms with Gasteiger partial charge in [-0.2, -0.15) is 0 Å². The number of anilines is 1. The summed E-state index contributed by atoms with van der Waals surface area (Å²) in [6, 6.07) is 7.29. The first-order valence-electron chi connectivity index (χ1n) is 6.96. The summed E-state index contributed by atoms with van der Waals surface area (Å²) in [6.45, 7) is 1.95. The second kappa shape index (κ2) is 5.07. The van der Waals surface area contributed by atoms with Gasteiger partial charge in [0.15, 0.2) is 0 Å². The third-order valence-electron chi connectivity index (χ3n) is 3.85. The van der Waals surface area contributed by atoms with E-state index in [0.717, 1.165) is 35.1 Å². The molecule has 1 aliphatic rings. The Balaban J connectivity index is 2.07. The lowest BCUT2D eigenvalue weighted by atomic mass is 10.1. The molecule has 0 unspecified atom stereocenters. The molecule has 20 heavy (non-hydrogen) atoms. The van der Waals surface area contributed by atoms with Crippen LogP contribution in [0.5, 0.6) is 0 Å². The first kappa shape index (κ1) is 12.8. The molecule has 3 rings (SSSR count). The van der Waals surface area contributed by atoms with E-state index in [1.165, 1.54) is 18.9 Å². The summed E-state index contributed by atoms with van der Waals surface area (Å²) in [6.07, 6.45) is 4.83. The molecular formula is C15H17N3O2. The summed E-state index contributed by atoms with van der Waals surface area (Å²) < 4.78 is 0. The highest BCUT2D eigenvalue weighted by Crippen LogP contribution is 2.30. The number of non-ortho nitro benzene ring substituents is 1. The Labute approximate surface area is 117 Å². The topological polar surface area (TPSA) is 68.1 Å². The fraction of sp³-hybridized carbons (Fsp3) is 0.400. The predicted molar refractivity (Wildman–Crippen MR) is 79.0 cm³/mol. The van der Waals surface area contributed by atoms with Crippen LogP contribution in [0.15, 0.2) is 24.3 Å². The SMILES string of the molecule is Cc1cc(NC2CCCC2)c2cc([N+](=O)[O-])ccc2n1. The van der Waals surface area contributed by atoms with Crippen molar-refractivity contribution in [1.82, 2.24) is 4.98 Å². The van der Waals surface area contributed by atoms with Gasteiger partial charge in [-0.05, 0) is 31.9 Å². The monoisotopic (exact) mass is 271 g/mol. The van der Waals surface area contributed by atoms with E-state index in [9.17, 15) is 10.1 Å². The van der Waals surface area contributed by atoms with E-state index in [1.807, 2.05) is 13.0 Å². The first-order valence-corrected chi connectivity index (χ1v) is 6.96. The summed E-state index contributed by atoms with van der Waals surface area (Å²) in [5, 5.41) is 15.3. The van der Waals surface area contributed by atoms with Crippen LogP contribution in [-0.2, 0) is 0 Å². The molecule has 1 aromatic carbocycles. The lowest BCUT2D eigenvalue weighted by molar-refractivity contribution is -0.384. The number of fused-ring (bicyclic) bond motifs is 1. The van der Waals surface area contributed by atoms with E-state index < -0.39 is 0 Å². The summed E-state index contributed by atoms with van der Waals surface area (Å²) in [5.74, 6) is 0. The van der Waals surface area contributed by atoms with Crippen LogP contribution in [0.25, 0.3) is 10.9 Å². The summed E-state index contributed by atoms with van der Waals surface area (Å²) in [7, 11) is 0. The highest BCUT2D eigenvalue weighted by molar-refractivity contribution is 5.93. The molecule has 1 N–H and O–H groups in total. The fourth-order valence-electron chi connectivity index (χ4n) is 2.87. The Morgan fingerprint density at radius 2 is 2.05 bits per heavy atom. The maximum absolute atomic E-state index is 10.9. The molecule has 5 nitrogen and oxygen atoms in total. The smallest absolute Gasteiger partial charge is 0.270 e. The van der Waals surface area contributed by atoms with Crippen molar-refractivity contribution >= 4 is 22.3 Å². The molecule has 0 amide bonds. The molecule has 0 radical (unpaired) electrons. The van der Waals surface area contributed by atoms with E-state index >= 15 is 0 Å². The predicted octanol–water partition coefficient (Wildman–Crippen LogP) is 3.81. The number of nitro groups is 1. The second-order valence-corrected chi connectivity index (χ2v) is 5.40. The number of nitrogens with one attached hydrogen (secondary N) is 1. The minimum absolute atomic E-state index is 0.109. The number of pyridine rings is 1. The van der Waals surface area contributed by atoms with Crippen LogP contribution in [0, 0.1) is 17.0 Å². The van der Waals surface area contributed by atoms with Gasteiger partial charge in [-0.25, -0.2) is 0 Å². The molecule has 104 valence electrons. The van der Waals surface area contributed by atoms with E-state index in [1.54, 1.807) is 12.1 Å². The van der Waals surface area contributed by atoms with Gasteiger partial charge in [0.1, 0.15) is 0 Å². The van der Waals surface area contributed by atoms with Crippen molar-refractivity contribution in [1.29, 1.82) is 0 Å². The van der Waals surface area contributed by atoms with Gasteiger partial charge in [0.25, 0.3) is 5.69 Å². The fourth-order valence-corrected chi connectivity index (χ4v) is 2.87. The van der Waals surface area contributed by atoms with Crippen LogP contribution >= 0.6 is 0 Å². The zero-order chi connectivity index (χ0) is 14.1. The standard InChI is InChI=1S/C15H17N3O2/c1-10-8-15(17-11-4-2-3-5-11)13-9-12(18(19)20)6-7-14(13)16-10/h6-9,11H,2-5H2,1H3,(H,16,17).